The highest BCUT2D eigenvalue weighted by Gasteiger charge is 2.19. The first-order valence-corrected chi connectivity index (χ1v) is 7.14. The smallest absolute Gasteiger partial charge is 0.0402 e. The second-order valence-corrected chi connectivity index (χ2v) is 6.10. The summed E-state index contributed by atoms with van der Waals surface area (Å²) in [5.41, 5.74) is 9.92. The Morgan fingerprint density at radius 3 is 2.47 bits per heavy atom. The molecule has 17 heavy (non-hydrogen) atoms. The number of hydrogen-bond acceptors (Lipinski definition) is 2. The van der Waals surface area contributed by atoms with Gasteiger partial charge in [0.1, 0.15) is 0 Å². The van der Waals surface area contributed by atoms with E-state index in [1.807, 2.05) is 0 Å². The summed E-state index contributed by atoms with van der Waals surface area (Å²) in [4.78, 5) is 0. The van der Waals surface area contributed by atoms with Crippen LogP contribution >= 0.6 is 15.9 Å². The molecule has 0 radical (unpaired) electrons. The third-order valence-electron chi connectivity index (χ3n) is 3.56. The summed E-state index contributed by atoms with van der Waals surface area (Å²) < 4.78 is 1.15. The first kappa shape index (κ1) is 12.9. The van der Waals surface area contributed by atoms with Crippen LogP contribution in [-0.4, -0.2) is 12.1 Å². The van der Waals surface area contributed by atoms with Crippen LogP contribution < -0.4 is 11.1 Å². The molecule has 0 aliphatic heterocycles. The third-order valence-corrected chi connectivity index (χ3v) is 4.02. The normalized spacial score (nSPS) is 24.7. The lowest BCUT2D eigenvalue weighted by Crippen LogP contribution is -2.35. The quantitative estimate of drug-likeness (QED) is 0.872. The van der Waals surface area contributed by atoms with Gasteiger partial charge in [0.2, 0.25) is 0 Å². The Labute approximate surface area is 112 Å². The highest BCUT2D eigenvalue weighted by Crippen LogP contribution is 2.28. The molecule has 0 aromatic heterocycles. The minimum absolute atomic E-state index is 0.373. The predicted molar refractivity (Wildman–Crippen MR) is 77.5 cm³/mol. The van der Waals surface area contributed by atoms with Crippen LogP contribution in [0.25, 0.3) is 0 Å². The fraction of sp³-hybridized carbons (Fsp3) is 0.571. The molecule has 1 saturated carbocycles. The lowest BCUT2D eigenvalue weighted by molar-refractivity contribution is 0.409. The van der Waals surface area contributed by atoms with E-state index in [9.17, 15) is 0 Å². The molecule has 0 amide bonds. The number of benzene rings is 1. The topological polar surface area (TPSA) is 38.0 Å². The van der Waals surface area contributed by atoms with Gasteiger partial charge in [-0.1, -0.05) is 15.9 Å². The van der Waals surface area contributed by atoms with Gasteiger partial charge >= 0.3 is 0 Å². The zero-order valence-corrected chi connectivity index (χ0v) is 12.2. The van der Waals surface area contributed by atoms with Crippen LogP contribution in [0.3, 0.4) is 0 Å². The molecular formula is C14H21BrN2. The molecule has 3 heteroatoms. The van der Waals surface area contributed by atoms with E-state index in [-0.39, 0.29) is 0 Å². The van der Waals surface area contributed by atoms with Gasteiger partial charge in [-0.25, -0.2) is 0 Å². The Hall–Kier alpha value is -0.540. The molecule has 3 N–H and O–H groups in total. The van der Waals surface area contributed by atoms with Gasteiger partial charge in [0, 0.05) is 22.2 Å². The zero-order valence-electron chi connectivity index (χ0n) is 10.6. The molecule has 0 bridgehead atoms. The number of nitrogens with one attached hydrogen (secondary N) is 1. The van der Waals surface area contributed by atoms with Crippen molar-refractivity contribution in [3.8, 4) is 0 Å². The van der Waals surface area contributed by atoms with Gasteiger partial charge in [0.25, 0.3) is 0 Å². The lowest BCUT2D eigenvalue weighted by atomic mass is 9.91. The third kappa shape index (κ3) is 3.23. The number of aryl methyl sites for hydroxylation is 2. The van der Waals surface area contributed by atoms with Crippen molar-refractivity contribution < 1.29 is 0 Å². The first-order chi connectivity index (χ1) is 8.06. The molecule has 0 spiro atoms. The van der Waals surface area contributed by atoms with Crippen molar-refractivity contribution in [3.05, 3.63) is 27.7 Å². The van der Waals surface area contributed by atoms with Crippen LogP contribution in [0.5, 0.6) is 0 Å². The summed E-state index contributed by atoms with van der Waals surface area (Å²) >= 11 is 3.53. The van der Waals surface area contributed by atoms with Crippen molar-refractivity contribution in [2.24, 2.45) is 5.73 Å². The maximum absolute atomic E-state index is 6.03. The number of anilines is 1. The van der Waals surface area contributed by atoms with Gasteiger partial charge < -0.3 is 11.1 Å². The summed E-state index contributed by atoms with van der Waals surface area (Å²) in [6.07, 6.45) is 4.75. The Balaban J connectivity index is 2.12. The number of halogens is 1. The van der Waals surface area contributed by atoms with Gasteiger partial charge in [-0.05, 0) is 62.8 Å². The highest BCUT2D eigenvalue weighted by atomic mass is 79.9. The average Bonchev–Trinajstić information content (AvgIpc) is 2.23. The van der Waals surface area contributed by atoms with Gasteiger partial charge in [0.05, 0.1) is 0 Å². The van der Waals surface area contributed by atoms with E-state index in [1.165, 1.54) is 36.1 Å². The van der Waals surface area contributed by atoms with E-state index in [1.54, 1.807) is 0 Å². The van der Waals surface area contributed by atoms with Crippen molar-refractivity contribution in [2.45, 2.75) is 51.6 Å². The summed E-state index contributed by atoms with van der Waals surface area (Å²) in [5, 5.41) is 3.67. The fourth-order valence-electron chi connectivity index (χ4n) is 2.70. The lowest BCUT2D eigenvalue weighted by Gasteiger charge is -2.29. The molecule has 1 aliphatic rings. The highest BCUT2D eigenvalue weighted by molar-refractivity contribution is 9.10. The molecule has 2 atom stereocenters. The van der Waals surface area contributed by atoms with Crippen LogP contribution in [-0.2, 0) is 0 Å². The minimum atomic E-state index is 0.373. The molecule has 1 aromatic rings. The van der Waals surface area contributed by atoms with Gasteiger partial charge in [-0.15, -0.1) is 0 Å². The molecule has 2 nitrogen and oxygen atoms in total. The predicted octanol–water partition coefficient (Wildman–Crippen LogP) is 3.75. The standard InChI is InChI=1S/C14H21BrN2/c1-9-6-11(15)7-10(2)14(9)17-13-5-3-4-12(16)8-13/h6-7,12-13,17H,3-5,8,16H2,1-2H3. The Morgan fingerprint density at radius 2 is 1.88 bits per heavy atom. The number of rotatable bonds is 2. The maximum Gasteiger partial charge on any atom is 0.0402 e. The second-order valence-electron chi connectivity index (χ2n) is 5.18. The summed E-state index contributed by atoms with van der Waals surface area (Å²) in [6, 6.07) is 5.24. The maximum atomic E-state index is 6.03. The Kier molecular flexibility index (Phi) is 4.10. The number of nitrogens with two attached hydrogens (primary N) is 1. The summed E-state index contributed by atoms with van der Waals surface area (Å²) in [7, 11) is 0. The molecule has 2 rings (SSSR count). The van der Waals surface area contributed by atoms with Gasteiger partial charge in [-0.2, -0.15) is 0 Å². The van der Waals surface area contributed by atoms with Crippen molar-refractivity contribution in [1.29, 1.82) is 0 Å². The van der Waals surface area contributed by atoms with E-state index in [0.717, 1.165) is 10.9 Å². The molecular weight excluding hydrogens is 276 g/mol. The van der Waals surface area contributed by atoms with Crippen molar-refractivity contribution in [3.63, 3.8) is 0 Å². The monoisotopic (exact) mass is 296 g/mol. The molecule has 0 heterocycles. The molecule has 2 unspecified atom stereocenters. The van der Waals surface area contributed by atoms with Crippen molar-refractivity contribution >= 4 is 21.6 Å². The van der Waals surface area contributed by atoms with E-state index < -0.39 is 0 Å². The second kappa shape index (κ2) is 5.40. The van der Waals surface area contributed by atoms with Crippen molar-refractivity contribution in [2.75, 3.05) is 5.32 Å². The van der Waals surface area contributed by atoms with Gasteiger partial charge in [0.15, 0.2) is 0 Å². The van der Waals surface area contributed by atoms with Crippen LogP contribution in [0.2, 0.25) is 0 Å². The van der Waals surface area contributed by atoms with E-state index in [4.69, 9.17) is 5.73 Å². The van der Waals surface area contributed by atoms with Crippen LogP contribution in [0.4, 0.5) is 5.69 Å². The zero-order chi connectivity index (χ0) is 12.4. The molecule has 94 valence electrons. The summed E-state index contributed by atoms with van der Waals surface area (Å²) in [6.45, 7) is 4.31. The molecule has 1 fully saturated rings. The van der Waals surface area contributed by atoms with Gasteiger partial charge in [-0.3, -0.25) is 0 Å². The SMILES string of the molecule is Cc1cc(Br)cc(C)c1NC1CCCC(N)C1. The molecule has 1 aliphatic carbocycles. The first-order valence-electron chi connectivity index (χ1n) is 6.35. The Bertz CT molecular complexity index is 380. The molecule has 1 aromatic carbocycles. The molecule has 0 saturated heterocycles. The number of hydrogen-bond donors (Lipinski definition) is 2. The van der Waals surface area contributed by atoms with E-state index in [0.29, 0.717) is 12.1 Å². The summed E-state index contributed by atoms with van der Waals surface area (Å²) in [5.74, 6) is 0. The minimum Gasteiger partial charge on any atom is -0.382 e. The Morgan fingerprint density at radius 1 is 1.24 bits per heavy atom. The van der Waals surface area contributed by atoms with Crippen molar-refractivity contribution in [1.82, 2.24) is 0 Å². The van der Waals surface area contributed by atoms with Crippen LogP contribution in [0, 0.1) is 13.8 Å². The fourth-order valence-corrected chi connectivity index (χ4v) is 3.39. The largest absolute Gasteiger partial charge is 0.382 e. The van der Waals surface area contributed by atoms with E-state index in [2.05, 4.69) is 47.2 Å². The van der Waals surface area contributed by atoms with Crippen LogP contribution in [0.15, 0.2) is 16.6 Å². The van der Waals surface area contributed by atoms with Crippen LogP contribution in [0.1, 0.15) is 36.8 Å². The van der Waals surface area contributed by atoms with E-state index >= 15 is 0 Å². The average molecular weight is 297 g/mol.